The van der Waals surface area contributed by atoms with Crippen LogP contribution in [-0.4, -0.2) is 6.29 Å². The number of rotatable bonds is 3. The zero-order chi connectivity index (χ0) is 15.6. The number of hydrogen-bond donors (Lipinski definition) is 0. The van der Waals surface area contributed by atoms with Crippen LogP contribution < -0.4 is 0 Å². The first kappa shape index (κ1) is 15.3. The Labute approximate surface area is 121 Å². The largest absolute Gasteiger partial charge is 0.417 e. The Kier molecular flexibility index (Phi) is 4.16. The summed E-state index contributed by atoms with van der Waals surface area (Å²) in [6.07, 6.45) is -3.81. The highest BCUT2D eigenvalue weighted by Crippen LogP contribution is 2.41. The molecule has 1 atom stereocenters. The molecule has 0 amide bonds. The van der Waals surface area contributed by atoms with E-state index in [9.17, 15) is 18.0 Å². The van der Waals surface area contributed by atoms with Gasteiger partial charge in [-0.2, -0.15) is 13.2 Å². The second-order valence-electron chi connectivity index (χ2n) is 4.99. The molecule has 0 aliphatic rings. The van der Waals surface area contributed by atoms with Crippen LogP contribution in [0.5, 0.6) is 0 Å². The standard InChI is InChI=1S/C17H15F3O/c1-11(10-21)14-8-9-15(13-6-4-3-5-7-13)16(12(14)2)17(18,19)20/h3-11H,1-2H3. The maximum Gasteiger partial charge on any atom is 0.417 e. The van der Waals surface area contributed by atoms with Crippen LogP contribution in [0, 0.1) is 6.92 Å². The fourth-order valence-electron chi connectivity index (χ4n) is 2.52. The molecule has 2 aromatic rings. The number of benzene rings is 2. The first-order valence-electron chi connectivity index (χ1n) is 6.57. The van der Waals surface area contributed by atoms with E-state index in [1.165, 1.54) is 13.0 Å². The highest BCUT2D eigenvalue weighted by atomic mass is 19.4. The summed E-state index contributed by atoms with van der Waals surface area (Å²) in [6.45, 7) is 3.02. The van der Waals surface area contributed by atoms with Crippen molar-refractivity contribution in [1.29, 1.82) is 0 Å². The number of hydrogen-bond acceptors (Lipinski definition) is 1. The lowest BCUT2D eigenvalue weighted by molar-refractivity contribution is -0.137. The number of alkyl halides is 3. The minimum absolute atomic E-state index is 0.114. The van der Waals surface area contributed by atoms with Gasteiger partial charge in [-0.1, -0.05) is 49.4 Å². The summed E-state index contributed by atoms with van der Waals surface area (Å²) < 4.78 is 40.4. The zero-order valence-electron chi connectivity index (χ0n) is 11.7. The van der Waals surface area contributed by atoms with Crippen LogP contribution in [0.4, 0.5) is 13.2 Å². The van der Waals surface area contributed by atoms with Crippen LogP contribution in [-0.2, 0) is 11.0 Å². The van der Waals surface area contributed by atoms with Crippen LogP contribution in [0.1, 0.15) is 29.5 Å². The zero-order valence-corrected chi connectivity index (χ0v) is 11.7. The van der Waals surface area contributed by atoms with Crippen molar-refractivity contribution in [3.05, 3.63) is 59.2 Å². The Balaban J connectivity index is 2.73. The van der Waals surface area contributed by atoms with Crippen LogP contribution in [0.2, 0.25) is 0 Å². The lowest BCUT2D eigenvalue weighted by Crippen LogP contribution is -2.13. The maximum absolute atomic E-state index is 13.5. The Morgan fingerprint density at radius 1 is 1.05 bits per heavy atom. The molecule has 0 fully saturated rings. The van der Waals surface area contributed by atoms with Gasteiger partial charge in [0.05, 0.1) is 5.56 Å². The van der Waals surface area contributed by atoms with E-state index in [0.29, 0.717) is 17.4 Å². The number of aldehydes is 1. The van der Waals surface area contributed by atoms with Gasteiger partial charge in [-0.3, -0.25) is 0 Å². The summed E-state index contributed by atoms with van der Waals surface area (Å²) >= 11 is 0. The molecule has 0 N–H and O–H groups in total. The minimum atomic E-state index is -4.46. The minimum Gasteiger partial charge on any atom is -0.303 e. The van der Waals surface area contributed by atoms with E-state index in [1.807, 2.05) is 0 Å². The summed E-state index contributed by atoms with van der Waals surface area (Å²) in [5.74, 6) is -0.559. The second-order valence-corrected chi connectivity index (χ2v) is 4.99. The molecule has 0 saturated heterocycles. The van der Waals surface area contributed by atoms with Crippen LogP contribution in [0.25, 0.3) is 11.1 Å². The molecule has 0 bridgehead atoms. The van der Waals surface area contributed by atoms with E-state index in [4.69, 9.17) is 0 Å². The summed E-state index contributed by atoms with van der Waals surface area (Å²) in [5, 5.41) is 0. The summed E-state index contributed by atoms with van der Waals surface area (Å²) in [6, 6.07) is 11.5. The van der Waals surface area contributed by atoms with Crippen molar-refractivity contribution in [2.24, 2.45) is 0 Å². The predicted molar refractivity (Wildman–Crippen MR) is 76.1 cm³/mol. The molecule has 0 saturated carbocycles. The van der Waals surface area contributed by atoms with Gasteiger partial charge in [0.15, 0.2) is 0 Å². The highest BCUT2D eigenvalue weighted by Gasteiger charge is 2.36. The molecule has 1 nitrogen and oxygen atoms in total. The van der Waals surface area contributed by atoms with Crippen LogP contribution in [0.15, 0.2) is 42.5 Å². The first-order chi connectivity index (χ1) is 9.86. The average Bonchev–Trinajstić information content (AvgIpc) is 2.45. The molecule has 0 aliphatic heterocycles. The van der Waals surface area contributed by atoms with E-state index in [0.717, 1.165) is 0 Å². The van der Waals surface area contributed by atoms with Crippen molar-refractivity contribution >= 4 is 6.29 Å². The molecular formula is C17H15F3O. The third-order valence-corrected chi connectivity index (χ3v) is 3.57. The smallest absolute Gasteiger partial charge is 0.303 e. The number of halogens is 3. The van der Waals surface area contributed by atoms with Crippen molar-refractivity contribution < 1.29 is 18.0 Å². The van der Waals surface area contributed by atoms with Crippen molar-refractivity contribution in [2.75, 3.05) is 0 Å². The van der Waals surface area contributed by atoms with E-state index in [1.54, 1.807) is 43.3 Å². The van der Waals surface area contributed by atoms with Gasteiger partial charge in [0.25, 0.3) is 0 Å². The average molecular weight is 292 g/mol. The van der Waals surface area contributed by atoms with Crippen molar-refractivity contribution in [3.8, 4) is 11.1 Å². The van der Waals surface area contributed by atoms with E-state index in [-0.39, 0.29) is 11.1 Å². The second kappa shape index (κ2) is 5.72. The monoisotopic (exact) mass is 292 g/mol. The molecule has 2 aromatic carbocycles. The molecule has 0 aromatic heterocycles. The lowest BCUT2D eigenvalue weighted by Gasteiger charge is -2.20. The first-order valence-corrected chi connectivity index (χ1v) is 6.57. The number of carbonyl (C=O) groups excluding carboxylic acids is 1. The Hall–Kier alpha value is -2.10. The molecule has 110 valence electrons. The number of carbonyl (C=O) groups is 1. The maximum atomic E-state index is 13.5. The third kappa shape index (κ3) is 2.99. The summed E-state index contributed by atoms with van der Waals surface area (Å²) in [5.41, 5.74) is 0.515. The predicted octanol–water partition coefficient (Wildman–Crippen LogP) is 4.98. The molecule has 21 heavy (non-hydrogen) atoms. The molecular weight excluding hydrogens is 277 g/mol. The molecule has 4 heteroatoms. The normalized spacial score (nSPS) is 13.0. The topological polar surface area (TPSA) is 17.1 Å². The van der Waals surface area contributed by atoms with Crippen molar-refractivity contribution in [3.63, 3.8) is 0 Å². The molecule has 0 aliphatic carbocycles. The van der Waals surface area contributed by atoms with Gasteiger partial charge in [0, 0.05) is 5.92 Å². The highest BCUT2D eigenvalue weighted by molar-refractivity contribution is 5.72. The van der Waals surface area contributed by atoms with E-state index in [2.05, 4.69) is 0 Å². The van der Waals surface area contributed by atoms with E-state index >= 15 is 0 Å². The quantitative estimate of drug-likeness (QED) is 0.729. The van der Waals surface area contributed by atoms with Crippen LogP contribution >= 0.6 is 0 Å². The molecule has 0 spiro atoms. The lowest BCUT2D eigenvalue weighted by atomic mass is 9.88. The molecule has 0 heterocycles. The summed E-state index contributed by atoms with van der Waals surface area (Å²) in [4.78, 5) is 10.9. The van der Waals surface area contributed by atoms with Gasteiger partial charge in [-0.25, -0.2) is 0 Å². The van der Waals surface area contributed by atoms with E-state index < -0.39 is 17.7 Å². The summed E-state index contributed by atoms with van der Waals surface area (Å²) in [7, 11) is 0. The Bertz CT molecular complexity index is 645. The van der Waals surface area contributed by atoms with Gasteiger partial charge in [0.1, 0.15) is 6.29 Å². The molecule has 0 radical (unpaired) electrons. The van der Waals surface area contributed by atoms with Crippen molar-refractivity contribution in [1.82, 2.24) is 0 Å². The van der Waals surface area contributed by atoms with Gasteiger partial charge in [-0.05, 0) is 29.2 Å². The van der Waals surface area contributed by atoms with Gasteiger partial charge in [-0.15, -0.1) is 0 Å². The van der Waals surface area contributed by atoms with Crippen LogP contribution in [0.3, 0.4) is 0 Å². The van der Waals surface area contributed by atoms with Gasteiger partial charge < -0.3 is 4.79 Å². The van der Waals surface area contributed by atoms with Crippen molar-refractivity contribution in [2.45, 2.75) is 25.9 Å². The van der Waals surface area contributed by atoms with Gasteiger partial charge >= 0.3 is 6.18 Å². The van der Waals surface area contributed by atoms with Gasteiger partial charge in [0.2, 0.25) is 0 Å². The molecule has 1 unspecified atom stereocenters. The molecule has 2 rings (SSSR count). The Morgan fingerprint density at radius 3 is 2.19 bits per heavy atom. The third-order valence-electron chi connectivity index (χ3n) is 3.57. The Morgan fingerprint density at radius 2 is 1.67 bits per heavy atom. The SMILES string of the molecule is Cc1c(C(C)C=O)ccc(-c2ccccc2)c1C(F)(F)F. The fourth-order valence-corrected chi connectivity index (χ4v) is 2.52. The fraction of sp³-hybridized carbons (Fsp3) is 0.235.